The maximum absolute atomic E-state index is 6.86. The van der Waals surface area contributed by atoms with E-state index in [-0.39, 0.29) is 0 Å². The predicted octanol–water partition coefficient (Wildman–Crippen LogP) is 12.2. The molecular weight excluding hydrogens is 562 g/mol. The summed E-state index contributed by atoms with van der Waals surface area (Å²) in [6.07, 6.45) is 0. The van der Waals surface area contributed by atoms with Gasteiger partial charge in [-0.05, 0) is 84.9 Å². The third-order valence-electron chi connectivity index (χ3n) is 8.18. The number of fused-ring (bicyclic) bond motifs is 2. The van der Waals surface area contributed by atoms with Gasteiger partial charge in [-0.2, -0.15) is 0 Å². The molecule has 220 valence electrons. The number of anilines is 9. The summed E-state index contributed by atoms with van der Waals surface area (Å²) in [5.74, 6) is 1.57. The molecule has 0 aromatic heterocycles. The van der Waals surface area contributed by atoms with Crippen molar-refractivity contribution in [2.75, 3.05) is 14.7 Å². The Bertz CT molecular complexity index is 1860. The molecule has 4 nitrogen and oxygen atoms in total. The van der Waals surface area contributed by atoms with E-state index in [2.05, 4.69) is 172 Å². The summed E-state index contributed by atoms with van der Waals surface area (Å²) in [5.41, 5.74) is 9.37. The Labute approximate surface area is 269 Å². The van der Waals surface area contributed by atoms with Crippen LogP contribution in [0.3, 0.4) is 0 Å². The van der Waals surface area contributed by atoms with Gasteiger partial charge in [-0.25, -0.2) is 0 Å². The van der Waals surface area contributed by atoms with Gasteiger partial charge in [0, 0.05) is 51.9 Å². The molecule has 0 spiro atoms. The van der Waals surface area contributed by atoms with E-state index in [4.69, 9.17) is 4.74 Å². The normalized spacial score (nSPS) is 11.6. The number of para-hydroxylation sites is 5. The van der Waals surface area contributed by atoms with Crippen LogP contribution < -0.4 is 19.4 Å². The van der Waals surface area contributed by atoms with Crippen molar-refractivity contribution in [1.82, 2.24) is 0 Å². The quantitative estimate of drug-likeness (QED) is 0.183. The van der Waals surface area contributed by atoms with Gasteiger partial charge in [-0.15, -0.1) is 0 Å². The van der Waals surface area contributed by atoms with Crippen LogP contribution in [0, 0.1) is 0 Å². The second-order valence-corrected chi connectivity index (χ2v) is 11.1. The first kappa shape index (κ1) is 27.3. The van der Waals surface area contributed by atoms with Gasteiger partial charge in [0.15, 0.2) is 11.5 Å². The van der Waals surface area contributed by atoms with Crippen molar-refractivity contribution in [3.05, 3.63) is 188 Å². The lowest BCUT2D eigenvalue weighted by Crippen LogP contribution is -2.17. The molecule has 7 aromatic rings. The van der Waals surface area contributed by atoms with E-state index >= 15 is 0 Å². The molecule has 0 saturated heterocycles. The molecule has 7 aromatic carbocycles. The van der Waals surface area contributed by atoms with E-state index in [0.29, 0.717) is 0 Å². The number of hydrogen-bond donors (Lipinski definition) is 0. The first-order chi connectivity index (χ1) is 22.8. The number of benzene rings is 7. The Balaban J connectivity index is 1.28. The second kappa shape index (κ2) is 12.0. The zero-order valence-electron chi connectivity index (χ0n) is 25.1. The Morgan fingerprint density at radius 3 is 1.00 bits per heavy atom. The Kier molecular flexibility index (Phi) is 7.14. The second-order valence-electron chi connectivity index (χ2n) is 11.1. The van der Waals surface area contributed by atoms with Crippen LogP contribution in [-0.2, 0) is 0 Å². The summed E-state index contributed by atoms with van der Waals surface area (Å²) in [5, 5.41) is 0. The zero-order chi connectivity index (χ0) is 30.7. The van der Waals surface area contributed by atoms with Crippen molar-refractivity contribution < 1.29 is 4.74 Å². The van der Waals surface area contributed by atoms with Crippen molar-refractivity contribution in [2.24, 2.45) is 0 Å². The van der Waals surface area contributed by atoms with E-state index in [9.17, 15) is 0 Å². The van der Waals surface area contributed by atoms with Crippen LogP contribution in [-0.4, -0.2) is 0 Å². The molecule has 0 amide bonds. The number of ether oxygens (including phenoxy) is 1. The maximum Gasteiger partial charge on any atom is 0.153 e. The van der Waals surface area contributed by atoms with Crippen molar-refractivity contribution in [3.8, 4) is 11.5 Å². The molecule has 1 heterocycles. The molecule has 0 bridgehead atoms. The maximum atomic E-state index is 6.86. The van der Waals surface area contributed by atoms with Crippen molar-refractivity contribution in [1.29, 1.82) is 0 Å². The molecule has 8 rings (SSSR count). The molecule has 46 heavy (non-hydrogen) atoms. The number of nitrogens with zero attached hydrogens (tertiary/aromatic N) is 3. The lowest BCUT2D eigenvalue weighted by Gasteiger charge is -2.35. The SMILES string of the molecule is c1ccc(N(c2ccccc2)c2ccc3c(c2)Oc2cc(N(c4ccccc4)c4ccccc4)ccc2N3c2ccccc2)cc1. The van der Waals surface area contributed by atoms with Crippen LogP contribution in [0.25, 0.3) is 0 Å². The van der Waals surface area contributed by atoms with Crippen LogP contribution in [0.5, 0.6) is 11.5 Å². The lowest BCUT2D eigenvalue weighted by molar-refractivity contribution is 0.477. The minimum absolute atomic E-state index is 0.786. The van der Waals surface area contributed by atoms with E-state index < -0.39 is 0 Å². The first-order valence-electron chi connectivity index (χ1n) is 15.5. The fourth-order valence-corrected chi connectivity index (χ4v) is 6.12. The third-order valence-corrected chi connectivity index (χ3v) is 8.18. The summed E-state index contributed by atoms with van der Waals surface area (Å²) in [7, 11) is 0. The molecule has 0 unspecified atom stereocenters. The van der Waals surface area contributed by atoms with Gasteiger partial charge >= 0.3 is 0 Å². The fraction of sp³-hybridized carbons (Fsp3) is 0. The van der Waals surface area contributed by atoms with Gasteiger partial charge in [0.2, 0.25) is 0 Å². The highest BCUT2D eigenvalue weighted by Crippen LogP contribution is 2.53. The van der Waals surface area contributed by atoms with Gasteiger partial charge in [0.1, 0.15) is 0 Å². The molecule has 0 saturated carbocycles. The minimum atomic E-state index is 0.786. The highest BCUT2D eigenvalue weighted by atomic mass is 16.5. The number of hydrogen-bond acceptors (Lipinski definition) is 4. The van der Waals surface area contributed by atoms with E-state index in [1.165, 1.54) is 0 Å². The highest BCUT2D eigenvalue weighted by molar-refractivity contribution is 5.90. The molecule has 1 aliphatic heterocycles. The van der Waals surface area contributed by atoms with Gasteiger partial charge in [0.05, 0.1) is 11.4 Å². The standard InChI is InChI=1S/C42H31N3O/c1-6-16-32(17-7-1)43(33-18-8-2-9-19-33)37-26-28-39-41(30-37)46-42-31-38(27-29-40(42)45(39)36-24-14-5-15-25-36)44(34-20-10-3-11-21-34)35-22-12-4-13-23-35/h1-31H. The van der Waals surface area contributed by atoms with Crippen LogP contribution >= 0.6 is 0 Å². The van der Waals surface area contributed by atoms with Gasteiger partial charge in [0.25, 0.3) is 0 Å². The monoisotopic (exact) mass is 593 g/mol. The Morgan fingerprint density at radius 2 is 0.652 bits per heavy atom. The van der Waals surface area contributed by atoms with Crippen LogP contribution in [0.4, 0.5) is 51.2 Å². The summed E-state index contributed by atoms with van der Waals surface area (Å²) in [6, 6.07) is 65.2. The average Bonchev–Trinajstić information content (AvgIpc) is 3.13. The summed E-state index contributed by atoms with van der Waals surface area (Å²) >= 11 is 0. The molecule has 0 atom stereocenters. The summed E-state index contributed by atoms with van der Waals surface area (Å²) in [4.78, 5) is 6.80. The zero-order valence-corrected chi connectivity index (χ0v) is 25.1. The average molecular weight is 594 g/mol. The predicted molar refractivity (Wildman–Crippen MR) is 191 cm³/mol. The van der Waals surface area contributed by atoms with Crippen LogP contribution in [0.1, 0.15) is 0 Å². The van der Waals surface area contributed by atoms with E-state index in [1.807, 2.05) is 30.3 Å². The van der Waals surface area contributed by atoms with Crippen molar-refractivity contribution in [3.63, 3.8) is 0 Å². The van der Waals surface area contributed by atoms with Crippen molar-refractivity contribution >= 4 is 51.2 Å². The van der Waals surface area contributed by atoms with Gasteiger partial charge in [-0.3, -0.25) is 0 Å². The lowest BCUT2D eigenvalue weighted by atomic mass is 10.1. The molecule has 0 N–H and O–H groups in total. The summed E-state index contributed by atoms with van der Waals surface area (Å²) < 4.78 is 6.86. The molecule has 1 aliphatic rings. The third kappa shape index (κ3) is 5.12. The van der Waals surface area contributed by atoms with Gasteiger partial charge in [-0.1, -0.05) is 91.0 Å². The van der Waals surface area contributed by atoms with Gasteiger partial charge < -0.3 is 19.4 Å². The Morgan fingerprint density at radius 1 is 0.326 bits per heavy atom. The Hall–Kier alpha value is -6.26. The van der Waals surface area contributed by atoms with E-state index in [0.717, 1.165) is 62.7 Å². The molecule has 4 heteroatoms. The highest BCUT2D eigenvalue weighted by Gasteiger charge is 2.28. The van der Waals surface area contributed by atoms with Crippen LogP contribution in [0.2, 0.25) is 0 Å². The smallest absolute Gasteiger partial charge is 0.153 e. The topological polar surface area (TPSA) is 19.0 Å². The fourth-order valence-electron chi connectivity index (χ4n) is 6.12. The largest absolute Gasteiger partial charge is 0.453 e. The molecular formula is C42H31N3O. The minimum Gasteiger partial charge on any atom is -0.453 e. The van der Waals surface area contributed by atoms with Crippen molar-refractivity contribution in [2.45, 2.75) is 0 Å². The summed E-state index contributed by atoms with van der Waals surface area (Å²) in [6.45, 7) is 0. The first-order valence-corrected chi connectivity index (χ1v) is 15.5. The number of rotatable bonds is 7. The van der Waals surface area contributed by atoms with E-state index in [1.54, 1.807) is 0 Å². The molecule has 0 fully saturated rings. The molecule has 0 aliphatic carbocycles. The molecule has 0 radical (unpaired) electrons. The van der Waals surface area contributed by atoms with Crippen LogP contribution in [0.15, 0.2) is 188 Å².